The Kier molecular flexibility index (Phi) is 3.91. The molecular formula is C11H14ClN3O2. The van der Waals surface area contributed by atoms with Crippen molar-refractivity contribution in [3.63, 3.8) is 0 Å². The summed E-state index contributed by atoms with van der Waals surface area (Å²) < 4.78 is 5.26. The van der Waals surface area contributed by atoms with Gasteiger partial charge in [-0.2, -0.15) is 0 Å². The molecule has 1 aromatic rings. The van der Waals surface area contributed by atoms with Crippen LogP contribution in [0.1, 0.15) is 18.5 Å². The third-order valence-corrected chi connectivity index (χ3v) is 2.78. The fraction of sp³-hybridized carbons (Fsp3) is 0.545. The van der Waals surface area contributed by atoms with Crippen LogP contribution in [0, 0.1) is 12.8 Å². The SMILES string of the molecule is Cc1cc(Cl)nc(NC(=O)C2CCCOC2)n1. The van der Waals surface area contributed by atoms with Crippen LogP contribution in [0.25, 0.3) is 0 Å². The van der Waals surface area contributed by atoms with Crippen LogP contribution in [0.15, 0.2) is 6.07 Å². The topological polar surface area (TPSA) is 64.1 Å². The molecule has 1 atom stereocenters. The van der Waals surface area contributed by atoms with Gasteiger partial charge in [-0.15, -0.1) is 0 Å². The van der Waals surface area contributed by atoms with E-state index in [4.69, 9.17) is 16.3 Å². The number of amides is 1. The van der Waals surface area contributed by atoms with Gasteiger partial charge in [0.2, 0.25) is 11.9 Å². The van der Waals surface area contributed by atoms with Crippen LogP contribution in [0.4, 0.5) is 5.95 Å². The molecule has 1 unspecified atom stereocenters. The summed E-state index contributed by atoms with van der Waals surface area (Å²) in [7, 11) is 0. The van der Waals surface area contributed by atoms with E-state index in [9.17, 15) is 4.79 Å². The molecule has 0 radical (unpaired) electrons. The normalized spacial score (nSPS) is 20.0. The predicted molar refractivity (Wildman–Crippen MR) is 64.0 cm³/mol. The Morgan fingerprint density at radius 2 is 2.41 bits per heavy atom. The zero-order valence-corrected chi connectivity index (χ0v) is 10.3. The molecule has 92 valence electrons. The molecule has 2 rings (SSSR count). The lowest BCUT2D eigenvalue weighted by Gasteiger charge is -2.20. The molecule has 1 aliphatic heterocycles. The first kappa shape index (κ1) is 12.3. The van der Waals surface area contributed by atoms with Crippen LogP contribution in [0.2, 0.25) is 5.15 Å². The van der Waals surface area contributed by atoms with Crippen molar-refractivity contribution in [2.45, 2.75) is 19.8 Å². The Morgan fingerprint density at radius 3 is 3.06 bits per heavy atom. The summed E-state index contributed by atoms with van der Waals surface area (Å²) in [6.45, 7) is 2.99. The fourth-order valence-corrected chi connectivity index (χ4v) is 1.98. The van der Waals surface area contributed by atoms with Crippen molar-refractivity contribution in [3.05, 3.63) is 16.9 Å². The maximum Gasteiger partial charge on any atom is 0.232 e. The number of rotatable bonds is 2. The average molecular weight is 256 g/mol. The molecule has 5 nitrogen and oxygen atoms in total. The van der Waals surface area contributed by atoms with E-state index in [0.29, 0.717) is 11.8 Å². The number of aryl methyl sites for hydroxylation is 1. The first-order chi connectivity index (χ1) is 8.15. The summed E-state index contributed by atoms with van der Waals surface area (Å²) >= 11 is 5.79. The molecule has 2 heterocycles. The summed E-state index contributed by atoms with van der Waals surface area (Å²) in [6.07, 6.45) is 1.75. The molecule has 0 spiro atoms. The Labute approximate surface area is 105 Å². The molecule has 0 bridgehead atoms. The number of hydrogen-bond acceptors (Lipinski definition) is 4. The molecule has 1 aliphatic rings. The lowest BCUT2D eigenvalue weighted by molar-refractivity contribution is -0.123. The molecule has 6 heteroatoms. The van der Waals surface area contributed by atoms with Crippen molar-refractivity contribution < 1.29 is 9.53 Å². The molecule has 1 amide bonds. The van der Waals surface area contributed by atoms with Gasteiger partial charge in [0.15, 0.2) is 0 Å². The number of halogens is 1. The highest BCUT2D eigenvalue weighted by Crippen LogP contribution is 2.16. The summed E-state index contributed by atoms with van der Waals surface area (Å²) in [6, 6.07) is 1.64. The van der Waals surface area contributed by atoms with E-state index < -0.39 is 0 Å². The van der Waals surface area contributed by atoms with Crippen LogP contribution in [0.5, 0.6) is 0 Å². The van der Waals surface area contributed by atoms with E-state index in [1.54, 1.807) is 13.0 Å². The van der Waals surface area contributed by atoms with Gasteiger partial charge in [0.05, 0.1) is 12.5 Å². The number of carbonyl (C=O) groups excluding carboxylic acids is 1. The highest BCUT2D eigenvalue weighted by molar-refractivity contribution is 6.29. The highest BCUT2D eigenvalue weighted by atomic mass is 35.5. The third-order valence-electron chi connectivity index (χ3n) is 2.59. The Hall–Kier alpha value is -1.20. The molecule has 1 fully saturated rings. The number of anilines is 1. The van der Waals surface area contributed by atoms with Crippen molar-refractivity contribution >= 4 is 23.5 Å². The highest BCUT2D eigenvalue weighted by Gasteiger charge is 2.22. The van der Waals surface area contributed by atoms with Gasteiger partial charge in [-0.3, -0.25) is 10.1 Å². The Morgan fingerprint density at radius 1 is 1.59 bits per heavy atom. The molecular weight excluding hydrogens is 242 g/mol. The summed E-state index contributed by atoms with van der Waals surface area (Å²) in [4.78, 5) is 19.9. The number of aromatic nitrogens is 2. The van der Waals surface area contributed by atoms with Crippen LogP contribution in [-0.4, -0.2) is 29.1 Å². The third kappa shape index (κ3) is 3.38. The van der Waals surface area contributed by atoms with Crippen molar-refractivity contribution in [3.8, 4) is 0 Å². The van der Waals surface area contributed by atoms with Crippen LogP contribution >= 0.6 is 11.6 Å². The second kappa shape index (κ2) is 5.42. The predicted octanol–water partition coefficient (Wildman–Crippen LogP) is 1.80. The van der Waals surface area contributed by atoms with Gasteiger partial charge in [0.1, 0.15) is 5.15 Å². The second-order valence-corrected chi connectivity index (χ2v) is 4.45. The number of ether oxygens (including phenoxy) is 1. The van der Waals surface area contributed by atoms with Gasteiger partial charge in [0.25, 0.3) is 0 Å². The number of nitrogens with zero attached hydrogens (tertiary/aromatic N) is 2. The van der Waals surface area contributed by atoms with Crippen LogP contribution < -0.4 is 5.32 Å². The zero-order valence-electron chi connectivity index (χ0n) is 9.57. The first-order valence-electron chi connectivity index (χ1n) is 5.55. The number of hydrogen-bond donors (Lipinski definition) is 1. The molecule has 0 aliphatic carbocycles. The molecule has 0 saturated carbocycles. The number of carbonyl (C=O) groups is 1. The van der Waals surface area contributed by atoms with Gasteiger partial charge >= 0.3 is 0 Å². The van der Waals surface area contributed by atoms with E-state index in [-0.39, 0.29) is 17.8 Å². The largest absolute Gasteiger partial charge is 0.381 e. The minimum atomic E-state index is -0.119. The second-order valence-electron chi connectivity index (χ2n) is 4.06. The standard InChI is InChI=1S/C11H14ClN3O2/c1-7-5-9(12)14-11(13-7)15-10(16)8-3-2-4-17-6-8/h5,8H,2-4,6H2,1H3,(H,13,14,15,16). The summed E-state index contributed by atoms with van der Waals surface area (Å²) in [5, 5.41) is 2.99. The van der Waals surface area contributed by atoms with Gasteiger partial charge in [-0.05, 0) is 25.8 Å². The average Bonchev–Trinajstić information content (AvgIpc) is 2.28. The monoisotopic (exact) mass is 255 g/mol. The van der Waals surface area contributed by atoms with Crippen molar-refractivity contribution in [2.75, 3.05) is 18.5 Å². The maximum absolute atomic E-state index is 11.9. The lowest BCUT2D eigenvalue weighted by Crippen LogP contribution is -2.30. The zero-order chi connectivity index (χ0) is 12.3. The van der Waals surface area contributed by atoms with E-state index in [0.717, 1.165) is 25.1 Å². The lowest BCUT2D eigenvalue weighted by atomic mass is 10.0. The quantitative estimate of drug-likeness (QED) is 0.819. The van der Waals surface area contributed by atoms with Crippen molar-refractivity contribution in [2.24, 2.45) is 5.92 Å². The minimum absolute atomic E-state index is 0.105. The van der Waals surface area contributed by atoms with Gasteiger partial charge < -0.3 is 4.74 Å². The Balaban J connectivity index is 2.01. The maximum atomic E-state index is 11.9. The number of nitrogens with one attached hydrogen (secondary N) is 1. The molecule has 0 aromatic carbocycles. The van der Waals surface area contributed by atoms with Crippen LogP contribution in [0.3, 0.4) is 0 Å². The van der Waals surface area contributed by atoms with Crippen molar-refractivity contribution in [1.82, 2.24) is 9.97 Å². The Bertz CT molecular complexity index is 399. The van der Waals surface area contributed by atoms with Gasteiger partial charge in [-0.25, -0.2) is 9.97 Å². The minimum Gasteiger partial charge on any atom is -0.381 e. The first-order valence-corrected chi connectivity index (χ1v) is 5.93. The smallest absolute Gasteiger partial charge is 0.232 e. The van der Waals surface area contributed by atoms with E-state index >= 15 is 0 Å². The summed E-state index contributed by atoms with van der Waals surface area (Å²) in [5.74, 6) is 0.0311. The fourth-order valence-electron chi connectivity index (χ4n) is 1.75. The summed E-state index contributed by atoms with van der Waals surface area (Å²) in [5.41, 5.74) is 0.722. The van der Waals surface area contributed by atoms with Crippen molar-refractivity contribution in [1.29, 1.82) is 0 Å². The molecule has 1 N–H and O–H groups in total. The molecule has 17 heavy (non-hydrogen) atoms. The molecule has 1 aromatic heterocycles. The van der Waals surface area contributed by atoms with Crippen LogP contribution in [-0.2, 0) is 9.53 Å². The molecule has 1 saturated heterocycles. The van der Waals surface area contributed by atoms with Gasteiger partial charge in [0, 0.05) is 12.3 Å². The van der Waals surface area contributed by atoms with Gasteiger partial charge in [-0.1, -0.05) is 11.6 Å². The van der Waals surface area contributed by atoms with E-state index in [2.05, 4.69) is 15.3 Å². The van der Waals surface area contributed by atoms with E-state index in [1.807, 2.05) is 0 Å². The van der Waals surface area contributed by atoms with E-state index in [1.165, 1.54) is 0 Å².